The van der Waals surface area contributed by atoms with Crippen LogP contribution in [0.4, 0.5) is 0 Å². The Morgan fingerprint density at radius 3 is 2.55 bits per heavy atom. The minimum Gasteiger partial charge on any atom is -0.376 e. The molecule has 0 bridgehead atoms. The summed E-state index contributed by atoms with van der Waals surface area (Å²) >= 11 is 11.7. The van der Waals surface area contributed by atoms with E-state index in [1.165, 1.54) is 0 Å². The zero-order valence-corrected chi connectivity index (χ0v) is 12.6. The Bertz CT molecular complexity index is 442. The minimum atomic E-state index is -0.191. The lowest BCUT2D eigenvalue weighted by Crippen LogP contribution is -2.34. The standard InChI is InChI=1S/C14H18Cl2N2O2/c15-11-7-10(8-12(16)9-11)14(19)18-5-6-20-13-1-3-17-4-2-13/h7-9,13,17H,1-6H2,(H,18,19). The molecule has 0 atom stereocenters. The van der Waals surface area contributed by atoms with Crippen LogP contribution in [0, 0.1) is 0 Å². The Morgan fingerprint density at radius 2 is 1.90 bits per heavy atom. The van der Waals surface area contributed by atoms with E-state index in [9.17, 15) is 4.79 Å². The van der Waals surface area contributed by atoms with Crippen molar-refractivity contribution in [3.05, 3.63) is 33.8 Å². The largest absolute Gasteiger partial charge is 0.376 e. The summed E-state index contributed by atoms with van der Waals surface area (Å²) in [6, 6.07) is 4.78. The fourth-order valence-corrected chi connectivity index (χ4v) is 2.67. The molecular weight excluding hydrogens is 299 g/mol. The third kappa shape index (κ3) is 4.94. The first-order valence-electron chi connectivity index (χ1n) is 6.72. The number of piperidine rings is 1. The fourth-order valence-electron chi connectivity index (χ4n) is 2.14. The number of hydrogen-bond acceptors (Lipinski definition) is 3. The molecule has 0 radical (unpaired) electrons. The van der Waals surface area contributed by atoms with E-state index in [0.717, 1.165) is 25.9 Å². The van der Waals surface area contributed by atoms with E-state index in [2.05, 4.69) is 10.6 Å². The molecule has 0 saturated carbocycles. The number of amides is 1. The fraction of sp³-hybridized carbons (Fsp3) is 0.500. The van der Waals surface area contributed by atoms with Crippen molar-refractivity contribution in [2.75, 3.05) is 26.2 Å². The van der Waals surface area contributed by atoms with Gasteiger partial charge in [-0.3, -0.25) is 4.79 Å². The van der Waals surface area contributed by atoms with Crippen LogP contribution >= 0.6 is 23.2 Å². The van der Waals surface area contributed by atoms with Gasteiger partial charge in [-0.05, 0) is 44.1 Å². The SMILES string of the molecule is O=C(NCCOC1CCNCC1)c1cc(Cl)cc(Cl)c1. The monoisotopic (exact) mass is 316 g/mol. The second kappa shape index (κ2) is 7.84. The predicted octanol–water partition coefficient (Wildman–Crippen LogP) is 2.49. The number of carbonyl (C=O) groups excluding carboxylic acids is 1. The molecule has 1 saturated heterocycles. The highest BCUT2D eigenvalue weighted by Crippen LogP contribution is 2.18. The second-order valence-electron chi connectivity index (χ2n) is 4.73. The lowest BCUT2D eigenvalue weighted by Gasteiger charge is -2.22. The lowest BCUT2D eigenvalue weighted by atomic mass is 10.1. The Labute approximate surface area is 128 Å². The van der Waals surface area contributed by atoms with Gasteiger partial charge in [-0.2, -0.15) is 0 Å². The third-order valence-corrected chi connectivity index (χ3v) is 3.59. The summed E-state index contributed by atoms with van der Waals surface area (Å²) in [6.07, 6.45) is 2.35. The van der Waals surface area contributed by atoms with Crippen molar-refractivity contribution in [1.29, 1.82) is 0 Å². The van der Waals surface area contributed by atoms with Gasteiger partial charge in [-0.1, -0.05) is 23.2 Å². The molecular formula is C14H18Cl2N2O2. The van der Waals surface area contributed by atoms with Crippen molar-refractivity contribution in [3.8, 4) is 0 Å². The Kier molecular flexibility index (Phi) is 6.10. The Balaban J connectivity index is 1.71. The second-order valence-corrected chi connectivity index (χ2v) is 5.61. The van der Waals surface area contributed by atoms with Crippen LogP contribution in [0.3, 0.4) is 0 Å². The van der Waals surface area contributed by atoms with Crippen molar-refractivity contribution in [2.45, 2.75) is 18.9 Å². The van der Waals surface area contributed by atoms with Gasteiger partial charge in [0.25, 0.3) is 5.91 Å². The molecule has 1 fully saturated rings. The van der Waals surface area contributed by atoms with E-state index in [1.807, 2.05) is 0 Å². The summed E-state index contributed by atoms with van der Waals surface area (Å²) in [5, 5.41) is 6.98. The van der Waals surface area contributed by atoms with Gasteiger partial charge in [0, 0.05) is 22.2 Å². The molecule has 20 heavy (non-hydrogen) atoms. The third-order valence-electron chi connectivity index (χ3n) is 3.15. The molecule has 4 nitrogen and oxygen atoms in total. The van der Waals surface area contributed by atoms with E-state index < -0.39 is 0 Å². The maximum atomic E-state index is 11.9. The van der Waals surface area contributed by atoms with Gasteiger partial charge in [0.05, 0.1) is 12.7 Å². The van der Waals surface area contributed by atoms with E-state index in [-0.39, 0.29) is 5.91 Å². The zero-order valence-electron chi connectivity index (χ0n) is 11.1. The average Bonchev–Trinajstić information content (AvgIpc) is 2.43. The van der Waals surface area contributed by atoms with Crippen LogP contribution in [0.2, 0.25) is 10.0 Å². The number of halogens is 2. The molecule has 2 N–H and O–H groups in total. The molecule has 1 heterocycles. The van der Waals surface area contributed by atoms with Gasteiger partial charge in [-0.25, -0.2) is 0 Å². The molecule has 110 valence electrons. The van der Waals surface area contributed by atoms with Crippen LogP contribution in [0.25, 0.3) is 0 Å². The Morgan fingerprint density at radius 1 is 1.25 bits per heavy atom. The molecule has 0 unspecified atom stereocenters. The summed E-state index contributed by atoms with van der Waals surface area (Å²) < 4.78 is 5.71. The van der Waals surface area contributed by atoms with Gasteiger partial charge < -0.3 is 15.4 Å². The smallest absolute Gasteiger partial charge is 0.251 e. The van der Waals surface area contributed by atoms with Crippen molar-refractivity contribution in [2.24, 2.45) is 0 Å². The van der Waals surface area contributed by atoms with Gasteiger partial charge in [0.1, 0.15) is 0 Å². The molecule has 6 heteroatoms. The molecule has 0 spiro atoms. The summed E-state index contributed by atoms with van der Waals surface area (Å²) in [5.41, 5.74) is 0.462. The number of benzene rings is 1. The van der Waals surface area contributed by atoms with Crippen molar-refractivity contribution in [1.82, 2.24) is 10.6 Å². The summed E-state index contributed by atoms with van der Waals surface area (Å²) in [7, 11) is 0. The van der Waals surface area contributed by atoms with Gasteiger partial charge in [-0.15, -0.1) is 0 Å². The van der Waals surface area contributed by atoms with Crippen molar-refractivity contribution >= 4 is 29.1 Å². The first-order valence-corrected chi connectivity index (χ1v) is 7.47. The highest BCUT2D eigenvalue weighted by molar-refractivity contribution is 6.35. The van der Waals surface area contributed by atoms with E-state index in [1.54, 1.807) is 18.2 Å². The molecule has 1 aromatic rings. The summed E-state index contributed by atoms with van der Waals surface area (Å²) in [4.78, 5) is 11.9. The molecule has 1 aromatic carbocycles. The maximum Gasteiger partial charge on any atom is 0.251 e. The van der Waals surface area contributed by atoms with Gasteiger partial charge in [0.2, 0.25) is 0 Å². The summed E-state index contributed by atoms with van der Waals surface area (Å²) in [5.74, 6) is -0.191. The van der Waals surface area contributed by atoms with E-state index in [4.69, 9.17) is 27.9 Å². The van der Waals surface area contributed by atoms with Crippen molar-refractivity contribution < 1.29 is 9.53 Å². The van der Waals surface area contributed by atoms with Gasteiger partial charge >= 0.3 is 0 Å². The highest BCUT2D eigenvalue weighted by Gasteiger charge is 2.13. The van der Waals surface area contributed by atoms with Crippen LogP contribution in [0.15, 0.2) is 18.2 Å². The van der Waals surface area contributed by atoms with Gasteiger partial charge in [0.15, 0.2) is 0 Å². The molecule has 2 rings (SSSR count). The molecule has 1 aliphatic rings. The Hall–Kier alpha value is -0.810. The summed E-state index contributed by atoms with van der Waals surface area (Å²) in [6.45, 7) is 2.99. The first kappa shape index (κ1) is 15.6. The normalized spacial score (nSPS) is 16.1. The first-order chi connectivity index (χ1) is 9.65. The topological polar surface area (TPSA) is 50.4 Å². The predicted molar refractivity (Wildman–Crippen MR) is 80.6 cm³/mol. The highest BCUT2D eigenvalue weighted by atomic mass is 35.5. The molecule has 0 aliphatic carbocycles. The minimum absolute atomic E-state index is 0.191. The molecule has 1 amide bonds. The maximum absolute atomic E-state index is 11.9. The van der Waals surface area contributed by atoms with Crippen LogP contribution in [0.1, 0.15) is 23.2 Å². The van der Waals surface area contributed by atoms with E-state index >= 15 is 0 Å². The molecule has 0 aromatic heterocycles. The number of hydrogen-bond donors (Lipinski definition) is 2. The molecule has 1 aliphatic heterocycles. The average molecular weight is 317 g/mol. The van der Waals surface area contributed by atoms with Crippen LogP contribution in [0.5, 0.6) is 0 Å². The van der Waals surface area contributed by atoms with Crippen LogP contribution in [-0.4, -0.2) is 38.3 Å². The zero-order chi connectivity index (χ0) is 14.4. The number of rotatable bonds is 5. The van der Waals surface area contributed by atoms with Crippen LogP contribution in [-0.2, 0) is 4.74 Å². The lowest BCUT2D eigenvalue weighted by molar-refractivity contribution is 0.0343. The number of carbonyl (C=O) groups is 1. The van der Waals surface area contributed by atoms with E-state index in [0.29, 0.717) is 34.9 Å². The quantitative estimate of drug-likeness (QED) is 0.821. The number of nitrogens with one attached hydrogen (secondary N) is 2. The van der Waals surface area contributed by atoms with Crippen molar-refractivity contribution in [3.63, 3.8) is 0 Å². The number of ether oxygens (including phenoxy) is 1. The van der Waals surface area contributed by atoms with Crippen LogP contribution < -0.4 is 10.6 Å².